The third kappa shape index (κ3) is 5.50. The van der Waals surface area contributed by atoms with Crippen LogP contribution in [0.1, 0.15) is 24.0 Å². The number of halogens is 3. The maximum atomic E-state index is 13.7. The number of methoxy groups -OCH3 is 4. The first-order valence-electron chi connectivity index (χ1n) is 10.2. The van der Waals surface area contributed by atoms with Gasteiger partial charge in [0.2, 0.25) is 0 Å². The SMILES string of the molecule is COc1ccc(C=C2CC(C(F)(F)F)CC(=Cc3ccc(OC)c(OC)c3)C2=O)cc1OC. The predicted octanol–water partition coefficient (Wildman–Crippen LogP) is 5.73. The highest BCUT2D eigenvalue weighted by molar-refractivity contribution is 6.14. The van der Waals surface area contributed by atoms with Gasteiger partial charge in [0.05, 0.1) is 34.4 Å². The van der Waals surface area contributed by atoms with Crippen molar-refractivity contribution < 1.29 is 36.9 Å². The van der Waals surface area contributed by atoms with Crippen LogP contribution in [0.4, 0.5) is 13.2 Å². The molecule has 1 aliphatic rings. The van der Waals surface area contributed by atoms with E-state index in [2.05, 4.69) is 0 Å². The molecule has 1 fully saturated rings. The monoisotopic (exact) mass is 462 g/mol. The Hall–Kier alpha value is -3.42. The molecule has 0 saturated heterocycles. The van der Waals surface area contributed by atoms with Crippen LogP contribution < -0.4 is 18.9 Å². The molecule has 0 radical (unpaired) electrons. The molecule has 0 atom stereocenters. The first-order chi connectivity index (χ1) is 15.7. The number of ketones is 1. The van der Waals surface area contributed by atoms with Gasteiger partial charge in [0.25, 0.3) is 0 Å². The molecule has 0 heterocycles. The highest BCUT2D eigenvalue weighted by Crippen LogP contribution is 2.42. The number of carbonyl (C=O) groups excluding carboxylic acids is 1. The number of alkyl halides is 3. The van der Waals surface area contributed by atoms with Crippen molar-refractivity contribution in [1.82, 2.24) is 0 Å². The molecule has 0 bridgehead atoms. The Morgan fingerprint density at radius 1 is 0.727 bits per heavy atom. The Morgan fingerprint density at radius 2 is 1.12 bits per heavy atom. The lowest BCUT2D eigenvalue weighted by Gasteiger charge is -2.27. The van der Waals surface area contributed by atoms with Crippen LogP contribution in [-0.4, -0.2) is 40.4 Å². The van der Waals surface area contributed by atoms with Gasteiger partial charge in [-0.1, -0.05) is 12.1 Å². The minimum Gasteiger partial charge on any atom is -0.493 e. The van der Waals surface area contributed by atoms with E-state index in [1.54, 1.807) is 36.4 Å². The van der Waals surface area contributed by atoms with Crippen LogP contribution in [0.25, 0.3) is 12.2 Å². The van der Waals surface area contributed by atoms with Gasteiger partial charge in [-0.3, -0.25) is 4.79 Å². The Bertz CT molecular complexity index is 1010. The first kappa shape index (κ1) is 24.2. The normalized spacial score (nSPS) is 19.0. The van der Waals surface area contributed by atoms with Crippen LogP contribution in [0, 0.1) is 5.92 Å². The number of benzene rings is 2. The average molecular weight is 462 g/mol. The van der Waals surface area contributed by atoms with Crippen LogP contribution >= 0.6 is 0 Å². The summed E-state index contributed by atoms with van der Waals surface area (Å²) >= 11 is 0. The van der Waals surface area contributed by atoms with Gasteiger partial charge < -0.3 is 18.9 Å². The van der Waals surface area contributed by atoms with Crippen molar-refractivity contribution in [2.24, 2.45) is 5.92 Å². The van der Waals surface area contributed by atoms with Gasteiger partial charge in [0.15, 0.2) is 28.8 Å². The van der Waals surface area contributed by atoms with Crippen LogP contribution in [0.15, 0.2) is 47.5 Å². The van der Waals surface area contributed by atoms with Crippen molar-refractivity contribution in [3.05, 3.63) is 58.7 Å². The lowest BCUT2D eigenvalue weighted by atomic mass is 9.79. The summed E-state index contributed by atoms with van der Waals surface area (Å²) in [5.74, 6) is -0.270. The summed E-state index contributed by atoms with van der Waals surface area (Å²) in [4.78, 5) is 13.1. The summed E-state index contributed by atoms with van der Waals surface area (Å²) in [6, 6.07) is 9.84. The summed E-state index contributed by atoms with van der Waals surface area (Å²) in [6.07, 6.45) is -2.26. The fraction of sp³-hybridized carbons (Fsp3) is 0.320. The van der Waals surface area contributed by atoms with Gasteiger partial charge in [-0.15, -0.1) is 0 Å². The minimum atomic E-state index is -4.44. The van der Waals surface area contributed by atoms with Gasteiger partial charge in [0, 0.05) is 11.1 Å². The smallest absolute Gasteiger partial charge is 0.392 e. The van der Waals surface area contributed by atoms with Crippen molar-refractivity contribution in [3.63, 3.8) is 0 Å². The number of hydrogen-bond donors (Lipinski definition) is 0. The molecule has 33 heavy (non-hydrogen) atoms. The van der Waals surface area contributed by atoms with E-state index in [4.69, 9.17) is 18.9 Å². The largest absolute Gasteiger partial charge is 0.493 e. The van der Waals surface area contributed by atoms with Crippen LogP contribution in [0.3, 0.4) is 0 Å². The first-order valence-corrected chi connectivity index (χ1v) is 10.2. The lowest BCUT2D eigenvalue weighted by Crippen LogP contribution is -2.30. The second-order valence-electron chi connectivity index (χ2n) is 7.54. The van der Waals surface area contributed by atoms with E-state index < -0.39 is 17.9 Å². The molecule has 8 heteroatoms. The van der Waals surface area contributed by atoms with E-state index in [1.807, 2.05) is 0 Å². The second-order valence-corrected chi connectivity index (χ2v) is 7.54. The van der Waals surface area contributed by atoms with E-state index in [9.17, 15) is 18.0 Å². The molecule has 0 amide bonds. The van der Waals surface area contributed by atoms with Crippen molar-refractivity contribution in [3.8, 4) is 23.0 Å². The Morgan fingerprint density at radius 3 is 1.45 bits per heavy atom. The van der Waals surface area contributed by atoms with Gasteiger partial charge in [-0.25, -0.2) is 0 Å². The van der Waals surface area contributed by atoms with E-state index in [0.29, 0.717) is 34.1 Å². The highest BCUT2D eigenvalue weighted by Gasteiger charge is 2.44. The summed E-state index contributed by atoms with van der Waals surface area (Å²) in [5.41, 5.74) is 1.26. The maximum absolute atomic E-state index is 13.7. The molecule has 5 nitrogen and oxygen atoms in total. The topological polar surface area (TPSA) is 54.0 Å². The molecular weight excluding hydrogens is 437 g/mol. The quantitative estimate of drug-likeness (QED) is 0.514. The molecule has 2 aromatic rings. The maximum Gasteiger partial charge on any atom is 0.392 e. The molecule has 176 valence electrons. The summed E-state index contributed by atoms with van der Waals surface area (Å²) in [5, 5.41) is 0. The minimum absolute atomic E-state index is 0.0857. The van der Waals surface area contributed by atoms with Crippen LogP contribution in [0.5, 0.6) is 23.0 Å². The number of allylic oxidation sites excluding steroid dienone is 2. The van der Waals surface area contributed by atoms with Crippen molar-refractivity contribution in [2.75, 3.05) is 28.4 Å². The summed E-state index contributed by atoms with van der Waals surface area (Å²) < 4.78 is 62.0. The van der Waals surface area contributed by atoms with Gasteiger partial charge in [-0.2, -0.15) is 13.2 Å². The van der Waals surface area contributed by atoms with Crippen molar-refractivity contribution in [1.29, 1.82) is 0 Å². The fourth-order valence-electron chi connectivity index (χ4n) is 3.76. The molecule has 0 unspecified atom stereocenters. The zero-order valence-electron chi connectivity index (χ0n) is 18.8. The summed E-state index contributed by atoms with van der Waals surface area (Å²) in [6.45, 7) is 0. The van der Waals surface area contributed by atoms with Gasteiger partial charge in [0.1, 0.15) is 0 Å². The fourth-order valence-corrected chi connectivity index (χ4v) is 3.76. The predicted molar refractivity (Wildman–Crippen MR) is 119 cm³/mol. The van der Waals surface area contributed by atoms with E-state index in [0.717, 1.165) is 0 Å². The summed E-state index contributed by atoms with van der Waals surface area (Å²) in [7, 11) is 5.90. The number of carbonyl (C=O) groups is 1. The van der Waals surface area contributed by atoms with E-state index >= 15 is 0 Å². The zero-order valence-corrected chi connectivity index (χ0v) is 18.8. The number of ether oxygens (including phenoxy) is 4. The van der Waals surface area contributed by atoms with Crippen molar-refractivity contribution in [2.45, 2.75) is 19.0 Å². The number of hydrogen-bond acceptors (Lipinski definition) is 5. The standard InChI is InChI=1S/C25H25F3O5/c1-30-20-7-5-15(11-22(20)32-3)9-17-13-19(25(26,27)28)14-18(24(17)29)10-16-6-8-21(31-2)23(12-16)33-4/h5-12,19H,13-14H2,1-4H3. The lowest BCUT2D eigenvalue weighted by molar-refractivity contribution is -0.175. The zero-order chi connectivity index (χ0) is 24.2. The van der Waals surface area contributed by atoms with Gasteiger partial charge in [-0.05, 0) is 60.4 Å². The molecule has 0 spiro atoms. The Labute approximate surface area is 190 Å². The molecule has 0 N–H and O–H groups in total. The van der Waals surface area contributed by atoms with E-state index in [-0.39, 0.29) is 24.0 Å². The van der Waals surface area contributed by atoms with Crippen molar-refractivity contribution >= 4 is 17.9 Å². The highest BCUT2D eigenvalue weighted by atomic mass is 19.4. The number of Topliss-reactive ketones (excluding diaryl/α,β-unsaturated/α-hetero) is 1. The van der Waals surface area contributed by atoms with Crippen LogP contribution in [-0.2, 0) is 4.79 Å². The molecule has 3 rings (SSSR count). The molecule has 0 aromatic heterocycles. The molecular formula is C25H25F3O5. The third-order valence-electron chi connectivity index (χ3n) is 5.48. The molecule has 0 aliphatic heterocycles. The van der Waals surface area contributed by atoms with Crippen LogP contribution in [0.2, 0.25) is 0 Å². The van der Waals surface area contributed by atoms with E-state index in [1.165, 1.54) is 40.6 Å². The average Bonchev–Trinajstić information content (AvgIpc) is 2.80. The second kappa shape index (κ2) is 10.0. The molecule has 1 saturated carbocycles. The molecule has 2 aromatic carbocycles. The number of rotatable bonds is 6. The molecule has 1 aliphatic carbocycles. The third-order valence-corrected chi connectivity index (χ3v) is 5.48. The Balaban J connectivity index is 2.03. The van der Waals surface area contributed by atoms with Gasteiger partial charge >= 0.3 is 6.18 Å². The Kier molecular flexibility index (Phi) is 7.36.